The van der Waals surface area contributed by atoms with Crippen LogP contribution < -0.4 is 10.6 Å². The van der Waals surface area contributed by atoms with Crippen LogP contribution in [0.5, 0.6) is 0 Å². The smallest absolute Gasteiger partial charge is 0.238 e. The van der Waals surface area contributed by atoms with Crippen LogP contribution in [0, 0.1) is 5.92 Å². The lowest BCUT2D eigenvalue weighted by Crippen LogP contribution is -2.44. The Bertz CT molecular complexity index is 886. The number of nitrogens with one attached hydrogen (secondary N) is 2. The van der Waals surface area contributed by atoms with Crippen molar-refractivity contribution >= 4 is 34.8 Å². The number of amides is 2. The van der Waals surface area contributed by atoms with Crippen molar-refractivity contribution < 1.29 is 9.59 Å². The minimum Gasteiger partial charge on any atom is -0.326 e. The van der Waals surface area contributed by atoms with Gasteiger partial charge in [0.25, 0.3) is 0 Å². The number of nitrogens with zero attached hydrogens (tertiary/aromatic N) is 1. The van der Waals surface area contributed by atoms with E-state index in [0.717, 1.165) is 54.7 Å². The molecule has 3 rings (SSSR count). The number of likely N-dealkylation sites (tertiary alicyclic amines) is 1. The van der Waals surface area contributed by atoms with Crippen LogP contribution in [-0.4, -0.2) is 36.3 Å². The van der Waals surface area contributed by atoms with E-state index >= 15 is 0 Å². The predicted octanol–water partition coefficient (Wildman–Crippen LogP) is 4.75. The zero-order chi connectivity index (χ0) is 21.5. The highest BCUT2D eigenvalue weighted by atomic mass is 35.5. The Labute approximate surface area is 183 Å². The van der Waals surface area contributed by atoms with E-state index in [1.54, 1.807) is 0 Å². The number of carbonyl (C=O) groups is 2. The topological polar surface area (TPSA) is 61.4 Å². The molecule has 1 heterocycles. The van der Waals surface area contributed by atoms with Gasteiger partial charge in [-0.05, 0) is 61.6 Å². The van der Waals surface area contributed by atoms with Crippen molar-refractivity contribution in [3.05, 3.63) is 58.6 Å². The van der Waals surface area contributed by atoms with Crippen molar-refractivity contribution in [2.45, 2.75) is 39.5 Å². The predicted molar refractivity (Wildman–Crippen MR) is 123 cm³/mol. The number of hydrogen-bond donors (Lipinski definition) is 2. The Balaban J connectivity index is 1.61. The van der Waals surface area contributed by atoms with E-state index in [0.29, 0.717) is 11.6 Å². The molecule has 0 saturated carbocycles. The molecule has 160 valence electrons. The van der Waals surface area contributed by atoms with Gasteiger partial charge in [-0.25, -0.2) is 0 Å². The van der Waals surface area contributed by atoms with Gasteiger partial charge in [0.15, 0.2) is 0 Å². The lowest BCUT2D eigenvalue weighted by Gasteiger charge is -2.31. The Morgan fingerprint density at radius 3 is 2.53 bits per heavy atom. The van der Waals surface area contributed by atoms with E-state index in [1.165, 1.54) is 0 Å². The van der Waals surface area contributed by atoms with Crippen molar-refractivity contribution in [3.8, 4) is 0 Å². The van der Waals surface area contributed by atoms with Gasteiger partial charge in [0.05, 0.1) is 12.5 Å². The molecule has 0 bridgehead atoms. The summed E-state index contributed by atoms with van der Waals surface area (Å²) in [5.74, 6) is -0.163. The van der Waals surface area contributed by atoms with Crippen molar-refractivity contribution in [2.75, 3.05) is 30.3 Å². The fourth-order valence-electron chi connectivity index (χ4n) is 4.03. The van der Waals surface area contributed by atoms with Gasteiger partial charge in [0.1, 0.15) is 0 Å². The van der Waals surface area contributed by atoms with Gasteiger partial charge in [0, 0.05) is 22.9 Å². The van der Waals surface area contributed by atoms with E-state index in [-0.39, 0.29) is 24.3 Å². The average Bonchev–Trinajstić information content (AvgIpc) is 2.75. The molecule has 30 heavy (non-hydrogen) atoms. The summed E-state index contributed by atoms with van der Waals surface area (Å²) < 4.78 is 0. The molecule has 2 N–H and O–H groups in total. The summed E-state index contributed by atoms with van der Waals surface area (Å²) >= 11 is 6.35. The minimum absolute atomic E-state index is 0.0164. The van der Waals surface area contributed by atoms with Crippen LogP contribution >= 0.6 is 11.6 Å². The second-order valence-electron chi connectivity index (χ2n) is 7.74. The van der Waals surface area contributed by atoms with Gasteiger partial charge < -0.3 is 10.6 Å². The van der Waals surface area contributed by atoms with E-state index in [4.69, 9.17) is 11.6 Å². The van der Waals surface area contributed by atoms with Gasteiger partial charge in [-0.3, -0.25) is 14.5 Å². The summed E-state index contributed by atoms with van der Waals surface area (Å²) in [6, 6.07) is 13.4. The van der Waals surface area contributed by atoms with Crippen LogP contribution in [0.1, 0.15) is 37.8 Å². The lowest BCUT2D eigenvalue weighted by molar-refractivity contribution is -0.123. The minimum atomic E-state index is -0.115. The fraction of sp³-hybridized carbons (Fsp3) is 0.417. The second-order valence-corrected chi connectivity index (χ2v) is 8.15. The van der Waals surface area contributed by atoms with Crippen LogP contribution in [-0.2, 0) is 22.4 Å². The number of carbonyl (C=O) groups excluding carboxylic acids is 2. The van der Waals surface area contributed by atoms with Gasteiger partial charge in [0.2, 0.25) is 11.8 Å². The van der Waals surface area contributed by atoms with Gasteiger partial charge in [-0.1, -0.05) is 49.7 Å². The Morgan fingerprint density at radius 1 is 1.07 bits per heavy atom. The molecule has 0 aromatic heterocycles. The van der Waals surface area contributed by atoms with Crippen LogP contribution in [0.2, 0.25) is 5.02 Å². The first-order valence-electron chi connectivity index (χ1n) is 10.7. The molecule has 1 aliphatic rings. The number of piperidine rings is 1. The molecule has 5 nitrogen and oxygen atoms in total. The van der Waals surface area contributed by atoms with Crippen molar-refractivity contribution in [1.29, 1.82) is 0 Å². The quantitative estimate of drug-likeness (QED) is 0.670. The Kier molecular flexibility index (Phi) is 7.88. The molecule has 2 aromatic rings. The average molecular weight is 428 g/mol. The molecule has 0 radical (unpaired) electrons. The molecular formula is C24H30ClN3O2. The van der Waals surface area contributed by atoms with Crippen molar-refractivity contribution in [1.82, 2.24) is 4.90 Å². The highest BCUT2D eigenvalue weighted by molar-refractivity contribution is 6.32. The van der Waals surface area contributed by atoms with Gasteiger partial charge >= 0.3 is 0 Å². The summed E-state index contributed by atoms with van der Waals surface area (Å²) in [7, 11) is 0. The molecule has 6 heteroatoms. The molecule has 0 aliphatic carbocycles. The Hall–Kier alpha value is -2.37. The zero-order valence-electron chi connectivity index (χ0n) is 17.7. The molecule has 0 unspecified atom stereocenters. The third kappa shape index (κ3) is 5.61. The lowest BCUT2D eigenvalue weighted by atomic mass is 9.97. The normalized spacial score (nSPS) is 16.8. The highest BCUT2D eigenvalue weighted by Crippen LogP contribution is 2.29. The van der Waals surface area contributed by atoms with Gasteiger partial charge in [-0.15, -0.1) is 0 Å². The molecule has 1 atom stereocenters. The van der Waals surface area contributed by atoms with E-state index in [2.05, 4.69) is 22.5 Å². The summed E-state index contributed by atoms with van der Waals surface area (Å²) in [6.07, 6.45) is 3.32. The molecular weight excluding hydrogens is 398 g/mol. The highest BCUT2D eigenvalue weighted by Gasteiger charge is 2.27. The first-order valence-corrected chi connectivity index (χ1v) is 11.1. The number of benzene rings is 2. The standard InChI is InChI=1S/C24H30ClN3O2/c1-3-17-12-13-21(25)20(4-2)23(17)27-22(29)16-28-14-8-9-18(15-28)24(30)26-19-10-6-5-7-11-19/h5-7,10-13,18H,3-4,8-9,14-16H2,1-2H3,(H,26,30)(H,27,29)/t18-/m0/s1. The number of anilines is 2. The third-order valence-electron chi connectivity index (χ3n) is 5.63. The van der Waals surface area contributed by atoms with E-state index < -0.39 is 0 Å². The molecule has 1 fully saturated rings. The maximum Gasteiger partial charge on any atom is 0.238 e. The van der Waals surface area contributed by atoms with Crippen molar-refractivity contribution in [3.63, 3.8) is 0 Å². The monoisotopic (exact) mass is 427 g/mol. The Morgan fingerprint density at radius 2 is 1.83 bits per heavy atom. The van der Waals surface area contributed by atoms with E-state index in [9.17, 15) is 9.59 Å². The first-order chi connectivity index (χ1) is 14.5. The summed E-state index contributed by atoms with van der Waals surface area (Å²) in [4.78, 5) is 27.5. The number of halogens is 1. The van der Waals surface area contributed by atoms with Crippen LogP contribution in [0.15, 0.2) is 42.5 Å². The molecule has 1 saturated heterocycles. The van der Waals surface area contributed by atoms with Crippen LogP contribution in [0.4, 0.5) is 11.4 Å². The number of para-hydroxylation sites is 1. The number of aryl methyl sites for hydroxylation is 1. The number of rotatable bonds is 7. The largest absolute Gasteiger partial charge is 0.326 e. The number of hydrogen-bond acceptors (Lipinski definition) is 3. The second kappa shape index (κ2) is 10.6. The van der Waals surface area contributed by atoms with E-state index in [1.807, 2.05) is 49.4 Å². The maximum atomic E-state index is 12.8. The first kappa shape index (κ1) is 22.3. The van der Waals surface area contributed by atoms with Crippen LogP contribution in [0.25, 0.3) is 0 Å². The zero-order valence-corrected chi connectivity index (χ0v) is 18.5. The summed E-state index contributed by atoms with van der Waals surface area (Å²) in [5, 5.41) is 6.75. The molecule has 2 aromatic carbocycles. The van der Waals surface area contributed by atoms with Gasteiger partial charge in [-0.2, -0.15) is 0 Å². The summed E-state index contributed by atoms with van der Waals surface area (Å²) in [6.45, 7) is 5.78. The molecule has 2 amide bonds. The van der Waals surface area contributed by atoms with Crippen molar-refractivity contribution in [2.24, 2.45) is 5.92 Å². The SMILES string of the molecule is CCc1ccc(Cl)c(CC)c1NC(=O)CN1CCC[C@H](C(=O)Nc2ccccc2)C1. The maximum absolute atomic E-state index is 12.8. The molecule has 0 spiro atoms. The summed E-state index contributed by atoms with van der Waals surface area (Å²) in [5.41, 5.74) is 3.71. The van der Waals surface area contributed by atoms with Crippen LogP contribution in [0.3, 0.4) is 0 Å². The third-order valence-corrected chi connectivity index (χ3v) is 5.98. The fourth-order valence-corrected chi connectivity index (χ4v) is 4.32. The molecule has 1 aliphatic heterocycles.